The number of rotatable bonds is 3. The zero-order chi connectivity index (χ0) is 17.2. The van der Waals surface area contributed by atoms with Gasteiger partial charge in [0.1, 0.15) is 0 Å². The van der Waals surface area contributed by atoms with Crippen molar-refractivity contribution in [1.29, 1.82) is 0 Å². The maximum atomic E-state index is 12.7. The minimum Gasteiger partial charge on any atom is -0.336 e. The number of amides is 1. The minimum absolute atomic E-state index is 0. The standard InChI is InChI=1S/C17H25N3O3S.ClH/c1-14-6-10-20(11-7-14)24(22,23)16-4-2-15(3-5-16)17(21)19-12-8-18-9-13-19;/h2-5,14,18H,6-13H2,1H3;1H. The molecular weight excluding hydrogens is 362 g/mol. The normalized spacial score (nSPS) is 20.1. The summed E-state index contributed by atoms with van der Waals surface area (Å²) < 4.78 is 27.0. The van der Waals surface area contributed by atoms with Gasteiger partial charge in [-0.1, -0.05) is 6.92 Å². The summed E-state index contributed by atoms with van der Waals surface area (Å²) in [5, 5.41) is 3.21. The molecule has 1 N–H and O–H groups in total. The van der Waals surface area contributed by atoms with Crippen LogP contribution >= 0.6 is 12.4 Å². The summed E-state index contributed by atoms with van der Waals surface area (Å²) >= 11 is 0. The largest absolute Gasteiger partial charge is 0.336 e. The topological polar surface area (TPSA) is 69.7 Å². The highest BCUT2D eigenvalue weighted by molar-refractivity contribution is 7.89. The van der Waals surface area contributed by atoms with Crippen molar-refractivity contribution < 1.29 is 13.2 Å². The lowest BCUT2D eigenvalue weighted by molar-refractivity contribution is 0.0735. The van der Waals surface area contributed by atoms with Crippen LogP contribution in [0.5, 0.6) is 0 Å². The molecule has 0 bridgehead atoms. The molecule has 3 rings (SSSR count). The number of nitrogens with zero attached hydrogens (tertiary/aromatic N) is 2. The Bertz CT molecular complexity index is 680. The fraction of sp³-hybridized carbons (Fsp3) is 0.588. The van der Waals surface area contributed by atoms with Crippen LogP contribution in [0, 0.1) is 5.92 Å². The van der Waals surface area contributed by atoms with Gasteiger partial charge in [0.2, 0.25) is 10.0 Å². The van der Waals surface area contributed by atoms with Crippen LogP contribution in [-0.4, -0.2) is 62.8 Å². The summed E-state index contributed by atoms with van der Waals surface area (Å²) in [6.45, 7) is 6.27. The summed E-state index contributed by atoms with van der Waals surface area (Å²) in [6.07, 6.45) is 1.80. The molecule has 2 heterocycles. The van der Waals surface area contributed by atoms with Crippen LogP contribution in [0.4, 0.5) is 0 Å². The number of nitrogens with one attached hydrogen (secondary N) is 1. The van der Waals surface area contributed by atoms with Crippen molar-refractivity contribution >= 4 is 28.3 Å². The van der Waals surface area contributed by atoms with Gasteiger partial charge in [-0.15, -0.1) is 12.4 Å². The number of sulfonamides is 1. The lowest BCUT2D eigenvalue weighted by Gasteiger charge is -2.29. The van der Waals surface area contributed by atoms with E-state index in [0.717, 1.165) is 25.9 Å². The molecule has 0 spiro atoms. The van der Waals surface area contributed by atoms with Crippen LogP contribution in [0.1, 0.15) is 30.1 Å². The second-order valence-electron chi connectivity index (χ2n) is 6.65. The van der Waals surface area contributed by atoms with E-state index in [2.05, 4.69) is 12.2 Å². The van der Waals surface area contributed by atoms with Crippen molar-refractivity contribution in [3.63, 3.8) is 0 Å². The molecule has 2 aliphatic rings. The monoisotopic (exact) mass is 387 g/mol. The van der Waals surface area contributed by atoms with Gasteiger partial charge in [0.15, 0.2) is 0 Å². The van der Waals surface area contributed by atoms with E-state index in [1.54, 1.807) is 33.5 Å². The van der Waals surface area contributed by atoms with Gasteiger partial charge in [-0.2, -0.15) is 4.31 Å². The first-order chi connectivity index (χ1) is 11.5. The van der Waals surface area contributed by atoms with Gasteiger partial charge in [0.25, 0.3) is 5.91 Å². The smallest absolute Gasteiger partial charge is 0.253 e. The van der Waals surface area contributed by atoms with E-state index in [9.17, 15) is 13.2 Å². The SMILES string of the molecule is CC1CCN(S(=O)(=O)c2ccc(C(=O)N3CCNCC3)cc2)CC1.Cl. The fourth-order valence-corrected chi connectivity index (χ4v) is 4.66. The van der Waals surface area contributed by atoms with Gasteiger partial charge in [-0.3, -0.25) is 4.79 Å². The van der Waals surface area contributed by atoms with E-state index in [-0.39, 0.29) is 23.2 Å². The zero-order valence-electron chi connectivity index (χ0n) is 14.5. The number of carbonyl (C=O) groups excluding carboxylic acids is 1. The Hall–Kier alpha value is -1.15. The second-order valence-corrected chi connectivity index (χ2v) is 8.59. The Labute approximate surface area is 156 Å². The molecule has 0 radical (unpaired) electrons. The Morgan fingerprint density at radius 1 is 1.04 bits per heavy atom. The number of hydrogen-bond acceptors (Lipinski definition) is 4. The van der Waals surface area contributed by atoms with E-state index in [1.165, 1.54) is 0 Å². The maximum Gasteiger partial charge on any atom is 0.253 e. The highest BCUT2D eigenvalue weighted by atomic mass is 35.5. The molecule has 2 fully saturated rings. The molecule has 0 aromatic heterocycles. The summed E-state index contributed by atoms with van der Waals surface area (Å²) in [7, 11) is -3.45. The molecule has 25 heavy (non-hydrogen) atoms. The molecule has 1 amide bonds. The number of hydrogen-bond donors (Lipinski definition) is 1. The van der Waals surface area contributed by atoms with Gasteiger partial charge < -0.3 is 10.2 Å². The lowest BCUT2D eigenvalue weighted by atomic mass is 10.0. The second kappa shape index (κ2) is 8.49. The molecule has 2 saturated heterocycles. The van der Waals surface area contributed by atoms with E-state index < -0.39 is 10.0 Å². The fourth-order valence-electron chi connectivity index (χ4n) is 3.19. The molecule has 140 valence electrons. The maximum absolute atomic E-state index is 12.7. The Morgan fingerprint density at radius 3 is 2.16 bits per heavy atom. The first kappa shape index (κ1) is 20.2. The van der Waals surface area contributed by atoms with Gasteiger partial charge in [-0.25, -0.2) is 8.42 Å². The van der Waals surface area contributed by atoms with Crippen molar-refractivity contribution in [1.82, 2.24) is 14.5 Å². The van der Waals surface area contributed by atoms with Gasteiger partial charge >= 0.3 is 0 Å². The van der Waals surface area contributed by atoms with Crippen molar-refractivity contribution in [2.24, 2.45) is 5.92 Å². The summed E-state index contributed by atoms with van der Waals surface area (Å²) in [5.74, 6) is 0.544. The molecule has 0 atom stereocenters. The number of piperidine rings is 1. The molecule has 2 aliphatic heterocycles. The Kier molecular flexibility index (Phi) is 6.85. The lowest BCUT2D eigenvalue weighted by Crippen LogP contribution is -2.46. The predicted molar refractivity (Wildman–Crippen MR) is 99.6 cm³/mol. The van der Waals surface area contributed by atoms with E-state index in [1.807, 2.05) is 0 Å². The van der Waals surface area contributed by atoms with Gasteiger partial charge in [0.05, 0.1) is 4.90 Å². The third-order valence-electron chi connectivity index (χ3n) is 4.89. The summed E-state index contributed by atoms with van der Waals surface area (Å²) in [4.78, 5) is 14.5. The summed E-state index contributed by atoms with van der Waals surface area (Å²) in [6, 6.07) is 6.37. The van der Waals surface area contributed by atoms with E-state index in [4.69, 9.17) is 0 Å². The van der Waals surface area contributed by atoms with Crippen molar-refractivity contribution in [2.75, 3.05) is 39.3 Å². The number of carbonyl (C=O) groups is 1. The van der Waals surface area contributed by atoms with Crippen molar-refractivity contribution in [2.45, 2.75) is 24.7 Å². The zero-order valence-corrected chi connectivity index (χ0v) is 16.1. The highest BCUT2D eigenvalue weighted by Crippen LogP contribution is 2.23. The quantitative estimate of drug-likeness (QED) is 0.854. The molecule has 0 aliphatic carbocycles. The van der Waals surface area contributed by atoms with Crippen molar-refractivity contribution in [3.05, 3.63) is 29.8 Å². The molecule has 1 aromatic carbocycles. The molecule has 6 nitrogen and oxygen atoms in total. The van der Waals surface area contributed by atoms with Gasteiger partial charge in [0, 0.05) is 44.8 Å². The average Bonchev–Trinajstić information content (AvgIpc) is 2.62. The predicted octanol–water partition coefficient (Wildman–Crippen LogP) is 1.57. The third-order valence-corrected chi connectivity index (χ3v) is 6.80. The molecule has 1 aromatic rings. The third kappa shape index (κ3) is 4.53. The van der Waals surface area contributed by atoms with E-state index in [0.29, 0.717) is 37.7 Å². The molecule has 8 heteroatoms. The first-order valence-electron chi connectivity index (χ1n) is 8.58. The number of piperazine rings is 1. The Morgan fingerprint density at radius 2 is 1.60 bits per heavy atom. The van der Waals surface area contributed by atoms with Crippen molar-refractivity contribution in [3.8, 4) is 0 Å². The van der Waals surface area contributed by atoms with Crippen LogP contribution in [0.15, 0.2) is 29.2 Å². The molecular formula is C17H26ClN3O3S. The van der Waals surface area contributed by atoms with Crippen LogP contribution in [0.2, 0.25) is 0 Å². The molecule has 0 unspecified atom stereocenters. The molecule has 0 saturated carbocycles. The van der Waals surface area contributed by atoms with Crippen LogP contribution < -0.4 is 5.32 Å². The van der Waals surface area contributed by atoms with Crippen LogP contribution in [0.3, 0.4) is 0 Å². The van der Waals surface area contributed by atoms with E-state index >= 15 is 0 Å². The summed E-state index contributed by atoms with van der Waals surface area (Å²) in [5.41, 5.74) is 0.545. The highest BCUT2D eigenvalue weighted by Gasteiger charge is 2.28. The van der Waals surface area contributed by atoms with Crippen LogP contribution in [-0.2, 0) is 10.0 Å². The Balaban J connectivity index is 0.00000225. The average molecular weight is 388 g/mol. The van der Waals surface area contributed by atoms with Gasteiger partial charge in [-0.05, 0) is 43.0 Å². The van der Waals surface area contributed by atoms with Crippen LogP contribution in [0.25, 0.3) is 0 Å². The minimum atomic E-state index is -3.45. The number of benzene rings is 1. The first-order valence-corrected chi connectivity index (χ1v) is 10.0. The number of halogens is 1.